The maximum absolute atomic E-state index is 13.7. The Morgan fingerprint density at radius 3 is 2.72 bits per heavy atom. The van der Waals surface area contributed by atoms with Gasteiger partial charge in [-0.15, -0.1) is 0 Å². The summed E-state index contributed by atoms with van der Waals surface area (Å²) in [6.45, 7) is 3.96. The highest BCUT2D eigenvalue weighted by atomic mass is 19.2. The molecule has 0 aliphatic rings. The number of aryl methyl sites for hydroxylation is 1. The van der Waals surface area contributed by atoms with Gasteiger partial charge in [0.2, 0.25) is 0 Å². The Bertz CT molecular complexity index is 564. The van der Waals surface area contributed by atoms with Crippen molar-refractivity contribution in [1.29, 1.82) is 0 Å². The van der Waals surface area contributed by atoms with Crippen LogP contribution in [0.4, 0.5) is 8.78 Å². The van der Waals surface area contributed by atoms with Crippen molar-refractivity contribution in [1.82, 2.24) is 9.78 Å². The first-order valence-electron chi connectivity index (χ1n) is 5.66. The van der Waals surface area contributed by atoms with E-state index in [1.807, 2.05) is 6.92 Å². The molecule has 1 atom stereocenters. The zero-order valence-corrected chi connectivity index (χ0v) is 10.2. The van der Waals surface area contributed by atoms with Crippen molar-refractivity contribution in [3.05, 3.63) is 53.4 Å². The molecule has 0 aliphatic heterocycles. The summed E-state index contributed by atoms with van der Waals surface area (Å²) < 4.78 is 28.5. The zero-order chi connectivity index (χ0) is 13.3. The van der Waals surface area contributed by atoms with Gasteiger partial charge in [-0.25, -0.2) is 8.78 Å². The molecular formula is C13H14F2N2O. The van der Waals surface area contributed by atoms with Crippen molar-refractivity contribution >= 4 is 0 Å². The van der Waals surface area contributed by atoms with Gasteiger partial charge in [0.05, 0.1) is 6.20 Å². The SMILES string of the molecule is CCn1cc(C(C)(O)c2cccc(F)c2F)cn1. The Morgan fingerprint density at radius 2 is 2.11 bits per heavy atom. The van der Waals surface area contributed by atoms with E-state index in [1.165, 1.54) is 25.3 Å². The average Bonchev–Trinajstić information content (AvgIpc) is 2.81. The van der Waals surface area contributed by atoms with E-state index in [9.17, 15) is 13.9 Å². The summed E-state index contributed by atoms with van der Waals surface area (Å²) in [6.07, 6.45) is 3.07. The van der Waals surface area contributed by atoms with Gasteiger partial charge in [-0.3, -0.25) is 4.68 Å². The predicted octanol–water partition coefficient (Wildman–Crippen LogP) is 2.44. The lowest BCUT2D eigenvalue weighted by molar-refractivity contribution is 0.0969. The fraction of sp³-hybridized carbons (Fsp3) is 0.308. The van der Waals surface area contributed by atoms with Gasteiger partial charge in [0.15, 0.2) is 11.6 Å². The molecule has 1 N–H and O–H groups in total. The molecule has 1 unspecified atom stereocenters. The largest absolute Gasteiger partial charge is 0.380 e. The molecule has 0 saturated carbocycles. The van der Waals surface area contributed by atoms with Gasteiger partial charge in [0.1, 0.15) is 5.60 Å². The van der Waals surface area contributed by atoms with Crippen LogP contribution in [0.5, 0.6) is 0 Å². The maximum atomic E-state index is 13.7. The van der Waals surface area contributed by atoms with Crippen LogP contribution in [0, 0.1) is 11.6 Å². The van der Waals surface area contributed by atoms with E-state index >= 15 is 0 Å². The van der Waals surface area contributed by atoms with Crippen LogP contribution < -0.4 is 0 Å². The number of hydrogen-bond acceptors (Lipinski definition) is 2. The molecule has 2 aromatic rings. The van der Waals surface area contributed by atoms with Crippen LogP contribution in [0.15, 0.2) is 30.6 Å². The van der Waals surface area contributed by atoms with Gasteiger partial charge in [0, 0.05) is 23.9 Å². The summed E-state index contributed by atoms with van der Waals surface area (Å²) in [4.78, 5) is 0. The van der Waals surface area contributed by atoms with E-state index in [4.69, 9.17) is 0 Å². The molecule has 0 bridgehead atoms. The van der Waals surface area contributed by atoms with Crippen LogP contribution in [-0.4, -0.2) is 14.9 Å². The molecule has 96 valence electrons. The molecule has 1 heterocycles. The molecule has 0 fully saturated rings. The maximum Gasteiger partial charge on any atom is 0.165 e. The molecule has 0 radical (unpaired) electrons. The fourth-order valence-corrected chi connectivity index (χ4v) is 1.82. The summed E-state index contributed by atoms with van der Waals surface area (Å²) in [7, 11) is 0. The molecule has 1 aromatic heterocycles. The van der Waals surface area contributed by atoms with Crippen LogP contribution in [-0.2, 0) is 12.1 Å². The first-order chi connectivity index (χ1) is 8.46. The van der Waals surface area contributed by atoms with Crippen molar-refractivity contribution in [2.75, 3.05) is 0 Å². The summed E-state index contributed by atoms with van der Waals surface area (Å²) >= 11 is 0. The van der Waals surface area contributed by atoms with Gasteiger partial charge in [0.25, 0.3) is 0 Å². The minimum Gasteiger partial charge on any atom is -0.380 e. The number of hydrogen-bond donors (Lipinski definition) is 1. The molecule has 3 nitrogen and oxygen atoms in total. The summed E-state index contributed by atoms with van der Waals surface area (Å²) in [5, 5.41) is 14.4. The second-order valence-corrected chi connectivity index (χ2v) is 4.26. The summed E-state index contributed by atoms with van der Waals surface area (Å²) in [5.74, 6) is -2.01. The Labute approximate surface area is 104 Å². The van der Waals surface area contributed by atoms with E-state index in [0.717, 1.165) is 6.07 Å². The normalized spacial score (nSPS) is 14.5. The second kappa shape index (κ2) is 4.49. The zero-order valence-electron chi connectivity index (χ0n) is 10.2. The van der Waals surface area contributed by atoms with Crippen molar-refractivity contribution < 1.29 is 13.9 Å². The van der Waals surface area contributed by atoms with Gasteiger partial charge in [-0.05, 0) is 19.9 Å². The van der Waals surface area contributed by atoms with Crippen molar-refractivity contribution in [2.45, 2.75) is 26.0 Å². The minimum atomic E-state index is -1.61. The van der Waals surface area contributed by atoms with Gasteiger partial charge in [-0.1, -0.05) is 12.1 Å². The minimum absolute atomic E-state index is 0.0989. The average molecular weight is 252 g/mol. The smallest absolute Gasteiger partial charge is 0.165 e. The number of benzene rings is 1. The number of aliphatic hydroxyl groups is 1. The highest BCUT2D eigenvalue weighted by Crippen LogP contribution is 2.31. The topological polar surface area (TPSA) is 38.0 Å². The lowest BCUT2D eigenvalue weighted by atomic mass is 9.90. The van der Waals surface area contributed by atoms with Gasteiger partial charge >= 0.3 is 0 Å². The Balaban J connectivity index is 2.50. The molecular weight excluding hydrogens is 238 g/mol. The lowest BCUT2D eigenvalue weighted by Crippen LogP contribution is -2.24. The summed E-state index contributed by atoms with van der Waals surface area (Å²) in [5.41, 5.74) is -1.29. The number of rotatable bonds is 3. The third-order valence-corrected chi connectivity index (χ3v) is 3.00. The Morgan fingerprint density at radius 1 is 1.39 bits per heavy atom. The molecule has 0 saturated heterocycles. The highest BCUT2D eigenvalue weighted by molar-refractivity contribution is 5.34. The lowest BCUT2D eigenvalue weighted by Gasteiger charge is -2.23. The van der Waals surface area contributed by atoms with Crippen molar-refractivity contribution in [2.24, 2.45) is 0 Å². The Kier molecular flexibility index (Phi) is 3.17. The van der Waals surface area contributed by atoms with Crippen LogP contribution in [0.3, 0.4) is 0 Å². The molecule has 18 heavy (non-hydrogen) atoms. The van der Waals surface area contributed by atoms with E-state index in [2.05, 4.69) is 5.10 Å². The number of aromatic nitrogens is 2. The fourth-order valence-electron chi connectivity index (χ4n) is 1.82. The number of nitrogens with zero attached hydrogens (tertiary/aromatic N) is 2. The molecule has 0 amide bonds. The van der Waals surface area contributed by atoms with E-state index in [0.29, 0.717) is 12.1 Å². The van der Waals surface area contributed by atoms with E-state index in [-0.39, 0.29) is 5.56 Å². The molecule has 5 heteroatoms. The number of halogens is 2. The standard InChI is InChI=1S/C13H14F2N2O/c1-3-17-8-9(7-16-17)13(2,18)10-5-4-6-11(14)12(10)15/h4-8,18H,3H2,1-2H3. The van der Waals surface area contributed by atoms with Crippen molar-refractivity contribution in [3.63, 3.8) is 0 Å². The quantitative estimate of drug-likeness (QED) is 0.911. The van der Waals surface area contributed by atoms with Crippen LogP contribution >= 0.6 is 0 Å². The van der Waals surface area contributed by atoms with Crippen molar-refractivity contribution in [3.8, 4) is 0 Å². The van der Waals surface area contributed by atoms with Gasteiger partial charge in [-0.2, -0.15) is 5.10 Å². The molecule has 0 aliphatic carbocycles. The molecule has 2 rings (SSSR count). The monoisotopic (exact) mass is 252 g/mol. The Hall–Kier alpha value is -1.75. The van der Waals surface area contributed by atoms with E-state index in [1.54, 1.807) is 10.9 Å². The third-order valence-electron chi connectivity index (χ3n) is 3.00. The second-order valence-electron chi connectivity index (χ2n) is 4.26. The van der Waals surface area contributed by atoms with Gasteiger partial charge < -0.3 is 5.11 Å². The van der Waals surface area contributed by atoms with Crippen LogP contribution in [0.2, 0.25) is 0 Å². The first kappa shape index (κ1) is 12.7. The van der Waals surface area contributed by atoms with Crippen LogP contribution in [0.1, 0.15) is 25.0 Å². The predicted molar refractivity (Wildman–Crippen MR) is 62.9 cm³/mol. The third kappa shape index (κ3) is 2.01. The van der Waals surface area contributed by atoms with E-state index < -0.39 is 17.2 Å². The molecule has 0 spiro atoms. The highest BCUT2D eigenvalue weighted by Gasteiger charge is 2.31. The summed E-state index contributed by atoms with van der Waals surface area (Å²) in [6, 6.07) is 3.75. The first-order valence-corrected chi connectivity index (χ1v) is 5.66. The van der Waals surface area contributed by atoms with Crippen LogP contribution in [0.25, 0.3) is 0 Å². The molecule has 1 aromatic carbocycles.